The van der Waals surface area contributed by atoms with E-state index in [9.17, 15) is 4.79 Å². The van der Waals surface area contributed by atoms with Gasteiger partial charge in [-0.1, -0.05) is 20.8 Å². The monoisotopic (exact) mass is 263 g/mol. The molecule has 0 aliphatic heterocycles. The number of ether oxygens (including phenoxy) is 1. The Balaban J connectivity index is 2.58. The van der Waals surface area contributed by atoms with Gasteiger partial charge >= 0.3 is 0 Å². The zero-order valence-electron chi connectivity index (χ0n) is 12.7. The maximum absolute atomic E-state index is 12.1. The molecule has 0 bridgehead atoms. The Morgan fingerprint density at radius 3 is 2.26 bits per heavy atom. The van der Waals surface area contributed by atoms with Crippen molar-refractivity contribution in [2.75, 3.05) is 26.7 Å². The van der Waals surface area contributed by atoms with E-state index in [4.69, 9.17) is 4.74 Å². The van der Waals surface area contributed by atoms with Gasteiger partial charge in [-0.25, -0.2) is 0 Å². The first-order chi connectivity index (χ1) is 8.81. The Kier molecular flexibility index (Phi) is 5.55. The predicted molar refractivity (Wildman–Crippen MR) is 78.9 cm³/mol. The number of hydrogen-bond acceptors (Lipinski definition) is 3. The lowest BCUT2D eigenvalue weighted by atomic mass is 9.96. The van der Waals surface area contributed by atoms with Crippen molar-refractivity contribution >= 4 is 5.78 Å². The van der Waals surface area contributed by atoms with Gasteiger partial charge in [0.2, 0.25) is 0 Å². The van der Waals surface area contributed by atoms with E-state index in [2.05, 4.69) is 25.7 Å². The van der Waals surface area contributed by atoms with Crippen LogP contribution in [0.4, 0.5) is 0 Å². The summed E-state index contributed by atoms with van der Waals surface area (Å²) in [6.07, 6.45) is 0. The zero-order chi connectivity index (χ0) is 14.5. The number of carbonyl (C=O) groups is 1. The molecule has 106 valence electrons. The molecule has 0 spiro atoms. The van der Waals surface area contributed by atoms with E-state index in [1.54, 1.807) is 0 Å². The molecule has 0 heterocycles. The van der Waals surface area contributed by atoms with Crippen LogP contribution in [-0.2, 0) is 0 Å². The smallest absolute Gasteiger partial charge is 0.176 e. The third kappa shape index (κ3) is 5.88. The summed E-state index contributed by atoms with van der Waals surface area (Å²) in [6, 6.07) is 7.36. The average molecular weight is 263 g/mol. The Labute approximate surface area is 116 Å². The molecule has 19 heavy (non-hydrogen) atoms. The van der Waals surface area contributed by atoms with Gasteiger partial charge in [0.25, 0.3) is 0 Å². The first kappa shape index (κ1) is 15.7. The summed E-state index contributed by atoms with van der Waals surface area (Å²) >= 11 is 0. The van der Waals surface area contributed by atoms with Crippen LogP contribution in [0.15, 0.2) is 24.3 Å². The van der Waals surface area contributed by atoms with E-state index < -0.39 is 0 Å². The highest BCUT2D eigenvalue weighted by Crippen LogP contribution is 2.16. The second-order valence-electron chi connectivity index (χ2n) is 6.11. The van der Waals surface area contributed by atoms with Crippen LogP contribution in [-0.4, -0.2) is 37.4 Å². The van der Waals surface area contributed by atoms with Gasteiger partial charge in [0.15, 0.2) is 5.78 Å². The third-order valence-electron chi connectivity index (χ3n) is 2.65. The lowest BCUT2D eigenvalue weighted by Crippen LogP contribution is -2.33. The van der Waals surface area contributed by atoms with Crippen LogP contribution in [0.2, 0.25) is 0 Å². The van der Waals surface area contributed by atoms with Gasteiger partial charge in [-0.05, 0) is 43.7 Å². The normalized spacial score (nSPS) is 11.7. The highest BCUT2D eigenvalue weighted by atomic mass is 16.5. The molecule has 1 aromatic carbocycles. The Bertz CT molecular complexity index is 404. The Morgan fingerprint density at radius 1 is 1.21 bits per heavy atom. The molecule has 0 amide bonds. The molecule has 0 N–H and O–H groups in total. The Hall–Kier alpha value is -1.35. The molecule has 0 saturated carbocycles. The predicted octanol–water partition coefficient (Wildman–Crippen LogP) is 3.25. The number of nitrogens with zero attached hydrogens (tertiary/aromatic N) is 1. The first-order valence-corrected chi connectivity index (χ1v) is 6.76. The molecule has 3 heteroatoms. The molecular weight excluding hydrogens is 238 g/mol. The summed E-state index contributed by atoms with van der Waals surface area (Å²) < 4.78 is 5.37. The van der Waals surface area contributed by atoms with Gasteiger partial charge in [0.1, 0.15) is 5.75 Å². The molecule has 0 aliphatic rings. The number of hydrogen-bond donors (Lipinski definition) is 0. The molecule has 0 radical (unpaired) electrons. The van der Waals surface area contributed by atoms with Crippen molar-refractivity contribution in [2.45, 2.75) is 27.7 Å². The molecule has 0 saturated heterocycles. The molecule has 0 unspecified atom stereocenters. The minimum absolute atomic E-state index is 0.148. The minimum Gasteiger partial charge on any atom is -0.494 e. The molecule has 1 aromatic rings. The molecule has 1 rings (SSSR count). The molecule has 0 atom stereocenters. The van der Waals surface area contributed by atoms with Crippen molar-refractivity contribution in [3.8, 4) is 5.75 Å². The quantitative estimate of drug-likeness (QED) is 0.738. The van der Waals surface area contributed by atoms with Crippen LogP contribution in [0.25, 0.3) is 0 Å². The summed E-state index contributed by atoms with van der Waals surface area (Å²) in [6.45, 7) is 10.4. The van der Waals surface area contributed by atoms with Crippen molar-refractivity contribution in [2.24, 2.45) is 5.41 Å². The fraction of sp³-hybridized carbons (Fsp3) is 0.562. The minimum atomic E-state index is 0.148. The molecule has 0 aromatic heterocycles. The SMILES string of the molecule is CCOc1ccc(C(=O)CN(C)CC(C)(C)C)cc1. The second-order valence-corrected chi connectivity index (χ2v) is 6.11. The van der Waals surface area contributed by atoms with Crippen molar-refractivity contribution in [3.05, 3.63) is 29.8 Å². The van der Waals surface area contributed by atoms with E-state index in [1.165, 1.54) is 0 Å². The summed E-state index contributed by atoms with van der Waals surface area (Å²) in [5.41, 5.74) is 0.942. The number of Topliss-reactive ketones (excluding diaryl/α,β-unsaturated/α-hetero) is 1. The Morgan fingerprint density at radius 2 is 1.79 bits per heavy atom. The zero-order valence-corrected chi connectivity index (χ0v) is 12.7. The number of carbonyl (C=O) groups excluding carboxylic acids is 1. The van der Waals surface area contributed by atoms with Crippen molar-refractivity contribution in [1.82, 2.24) is 4.90 Å². The van der Waals surface area contributed by atoms with E-state index in [1.807, 2.05) is 38.2 Å². The highest BCUT2D eigenvalue weighted by molar-refractivity contribution is 5.97. The number of benzene rings is 1. The molecular formula is C16H25NO2. The lowest BCUT2D eigenvalue weighted by molar-refractivity contribution is 0.0927. The average Bonchev–Trinajstić information content (AvgIpc) is 2.27. The van der Waals surface area contributed by atoms with Crippen LogP contribution >= 0.6 is 0 Å². The van der Waals surface area contributed by atoms with Gasteiger partial charge in [-0.3, -0.25) is 9.69 Å². The van der Waals surface area contributed by atoms with Gasteiger partial charge in [0, 0.05) is 12.1 Å². The van der Waals surface area contributed by atoms with E-state index >= 15 is 0 Å². The summed E-state index contributed by atoms with van der Waals surface area (Å²) in [5.74, 6) is 0.955. The van der Waals surface area contributed by atoms with Crippen molar-refractivity contribution in [3.63, 3.8) is 0 Å². The van der Waals surface area contributed by atoms with Gasteiger partial charge in [-0.15, -0.1) is 0 Å². The van der Waals surface area contributed by atoms with Crippen molar-refractivity contribution < 1.29 is 9.53 Å². The van der Waals surface area contributed by atoms with E-state index in [0.29, 0.717) is 13.2 Å². The number of likely N-dealkylation sites (N-methyl/N-ethyl adjacent to an activating group) is 1. The second kappa shape index (κ2) is 6.71. The molecule has 3 nitrogen and oxygen atoms in total. The molecule has 0 aliphatic carbocycles. The van der Waals surface area contributed by atoms with Crippen LogP contribution in [0.5, 0.6) is 5.75 Å². The number of ketones is 1. The van der Waals surface area contributed by atoms with Crippen LogP contribution in [0.1, 0.15) is 38.1 Å². The van der Waals surface area contributed by atoms with Crippen LogP contribution < -0.4 is 4.74 Å². The third-order valence-corrected chi connectivity index (χ3v) is 2.65. The van der Waals surface area contributed by atoms with E-state index in [0.717, 1.165) is 17.9 Å². The topological polar surface area (TPSA) is 29.5 Å². The standard InChI is InChI=1S/C16H25NO2/c1-6-19-14-9-7-13(8-10-14)15(18)11-17(5)12-16(2,3)4/h7-10H,6,11-12H2,1-5H3. The maximum atomic E-state index is 12.1. The van der Waals surface area contributed by atoms with Gasteiger partial charge in [-0.2, -0.15) is 0 Å². The molecule has 0 fully saturated rings. The fourth-order valence-electron chi connectivity index (χ4n) is 2.11. The van der Waals surface area contributed by atoms with Crippen LogP contribution in [0, 0.1) is 5.41 Å². The fourth-order valence-corrected chi connectivity index (χ4v) is 2.11. The van der Waals surface area contributed by atoms with Gasteiger partial charge < -0.3 is 4.74 Å². The van der Waals surface area contributed by atoms with Crippen LogP contribution in [0.3, 0.4) is 0 Å². The summed E-state index contributed by atoms with van der Waals surface area (Å²) in [7, 11) is 1.98. The summed E-state index contributed by atoms with van der Waals surface area (Å²) in [5, 5.41) is 0. The lowest BCUT2D eigenvalue weighted by Gasteiger charge is -2.25. The first-order valence-electron chi connectivity index (χ1n) is 6.76. The highest BCUT2D eigenvalue weighted by Gasteiger charge is 2.16. The maximum Gasteiger partial charge on any atom is 0.176 e. The largest absolute Gasteiger partial charge is 0.494 e. The summed E-state index contributed by atoms with van der Waals surface area (Å²) in [4.78, 5) is 14.2. The van der Waals surface area contributed by atoms with E-state index in [-0.39, 0.29) is 11.2 Å². The van der Waals surface area contributed by atoms with Gasteiger partial charge in [0.05, 0.1) is 13.2 Å². The van der Waals surface area contributed by atoms with Crippen molar-refractivity contribution in [1.29, 1.82) is 0 Å². The number of rotatable bonds is 6.